The highest BCUT2D eigenvalue weighted by molar-refractivity contribution is 7.80. The molecule has 0 saturated carbocycles. The summed E-state index contributed by atoms with van der Waals surface area (Å²) in [4.78, 5) is 13.9. The van der Waals surface area contributed by atoms with Crippen LogP contribution in [0.25, 0.3) is 0 Å². The van der Waals surface area contributed by atoms with Crippen molar-refractivity contribution in [2.45, 2.75) is 25.3 Å². The number of hydrogen-bond donors (Lipinski definition) is 2. The fourth-order valence-corrected chi connectivity index (χ4v) is 2.88. The number of alkyl halides is 2. The largest absolute Gasteiger partial charge is 0.358 e. The van der Waals surface area contributed by atoms with Crippen molar-refractivity contribution in [2.75, 3.05) is 19.6 Å². The van der Waals surface area contributed by atoms with E-state index in [-0.39, 0.29) is 11.7 Å². The number of rotatable bonds is 2. The van der Waals surface area contributed by atoms with Gasteiger partial charge in [-0.25, -0.2) is 0 Å². The maximum atomic E-state index is 13.8. The van der Waals surface area contributed by atoms with Gasteiger partial charge >= 0.3 is 5.92 Å². The van der Waals surface area contributed by atoms with Gasteiger partial charge in [-0.3, -0.25) is 4.79 Å². The van der Waals surface area contributed by atoms with Gasteiger partial charge in [-0.05, 0) is 36.5 Å². The number of hydrogen-bond acceptors (Lipinski definition) is 3. The van der Waals surface area contributed by atoms with Crippen LogP contribution in [0.2, 0.25) is 0 Å². The zero-order valence-corrected chi connectivity index (χ0v) is 13.0. The second kappa shape index (κ2) is 7.13. The molecule has 0 atom stereocenters. The Labute approximate surface area is 131 Å². The van der Waals surface area contributed by atoms with E-state index in [0.29, 0.717) is 25.9 Å². The molecule has 1 fully saturated rings. The fraction of sp³-hybridized carbons (Fsp3) is 0.538. The number of halogens is 2. The van der Waals surface area contributed by atoms with Crippen LogP contribution in [0.1, 0.15) is 17.7 Å². The Hall–Kier alpha value is -1.28. The number of thiocarbonyl (C=S) groups is 1. The van der Waals surface area contributed by atoms with E-state index in [1.54, 1.807) is 11.3 Å². The van der Waals surface area contributed by atoms with Crippen molar-refractivity contribution in [1.82, 2.24) is 15.5 Å². The number of thiophene rings is 1. The van der Waals surface area contributed by atoms with Crippen molar-refractivity contribution in [3.05, 3.63) is 22.4 Å². The van der Waals surface area contributed by atoms with Gasteiger partial charge in [0.05, 0.1) is 13.1 Å². The lowest BCUT2D eigenvalue weighted by Gasteiger charge is -2.28. The predicted molar refractivity (Wildman–Crippen MR) is 82.5 cm³/mol. The monoisotopic (exact) mass is 333 g/mol. The second-order valence-electron chi connectivity index (χ2n) is 4.83. The number of carbonyl (C=O) groups excluding carboxylic acids is 1. The minimum absolute atomic E-state index is 0.262. The molecule has 0 aromatic carbocycles. The Balaban J connectivity index is 1.97. The van der Waals surface area contributed by atoms with Gasteiger partial charge in [0.15, 0.2) is 5.11 Å². The molecule has 1 saturated heterocycles. The van der Waals surface area contributed by atoms with Gasteiger partial charge in [0.1, 0.15) is 0 Å². The van der Waals surface area contributed by atoms with Gasteiger partial charge in [-0.2, -0.15) is 8.78 Å². The van der Waals surface area contributed by atoms with Crippen LogP contribution in [0.5, 0.6) is 0 Å². The van der Waals surface area contributed by atoms with Crippen molar-refractivity contribution in [3.8, 4) is 0 Å². The zero-order chi connectivity index (χ0) is 15.3. The molecular weight excluding hydrogens is 316 g/mol. The van der Waals surface area contributed by atoms with Gasteiger partial charge in [-0.1, -0.05) is 6.07 Å². The maximum Gasteiger partial charge on any atom is 0.341 e. The van der Waals surface area contributed by atoms with Crippen molar-refractivity contribution in [1.29, 1.82) is 0 Å². The summed E-state index contributed by atoms with van der Waals surface area (Å²) in [6.45, 7) is 0.512. The normalized spacial score (nSPS) is 19.1. The first-order chi connectivity index (χ1) is 9.99. The molecule has 0 radical (unpaired) electrons. The molecule has 1 aliphatic rings. The third-order valence-electron chi connectivity index (χ3n) is 3.14. The van der Waals surface area contributed by atoms with E-state index in [1.165, 1.54) is 4.90 Å². The first kappa shape index (κ1) is 16.1. The van der Waals surface area contributed by atoms with Crippen LogP contribution in [-0.2, 0) is 11.3 Å². The van der Waals surface area contributed by atoms with Crippen LogP contribution < -0.4 is 10.6 Å². The molecule has 21 heavy (non-hydrogen) atoms. The highest BCUT2D eigenvalue weighted by atomic mass is 32.1. The van der Waals surface area contributed by atoms with Crippen molar-refractivity contribution < 1.29 is 13.6 Å². The van der Waals surface area contributed by atoms with E-state index in [0.717, 1.165) is 4.88 Å². The number of nitrogens with one attached hydrogen (secondary N) is 2. The van der Waals surface area contributed by atoms with Crippen molar-refractivity contribution in [3.63, 3.8) is 0 Å². The van der Waals surface area contributed by atoms with E-state index in [1.807, 2.05) is 17.5 Å². The summed E-state index contributed by atoms with van der Waals surface area (Å²) < 4.78 is 27.6. The molecule has 0 bridgehead atoms. The van der Waals surface area contributed by atoms with Crippen LogP contribution in [0, 0.1) is 0 Å². The molecule has 1 amide bonds. The van der Waals surface area contributed by atoms with Gasteiger partial charge < -0.3 is 15.5 Å². The average molecular weight is 333 g/mol. The molecule has 4 nitrogen and oxygen atoms in total. The molecule has 2 heterocycles. The van der Waals surface area contributed by atoms with Crippen molar-refractivity contribution in [2.24, 2.45) is 0 Å². The topological polar surface area (TPSA) is 44.4 Å². The lowest BCUT2D eigenvalue weighted by molar-refractivity contribution is -0.146. The Morgan fingerprint density at radius 1 is 1.52 bits per heavy atom. The van der Waals surface area contributed by atoms with Crippen LogP contribution in [0.3, 0.4) is 0 Å². The summed E-state index contributed by atoms with van der Waals surface area (Å²) in [6, 6.07) is 3.87. The molecule has 2 N–H and O–H groups in total. The molecule has 1 aliphatic heterocycles. The Bertz CT molecular complexity index is 494. The van der Waals surface area contributed by atoms with E-state index >= 15 is 0 Å². The molecule has 1 aromatic rings. The van der Waals surface area contributed by atoms with E-state index < -0.39 is 18.4 Å². The fourth-order valence-electron chi connectivity index (χ4n) is 2.01. The van der Waals surface area contributed by atoms with Crippen LogP contribution in [0.15, 0.2) is 17.5 Å². The van der Waals surface area contributed by atoms with Gasteiger partial charge in [-0.15, -0.1) is 11.3 Å². The van der Waals surface area contributed by atoms with E-state index in [9.17, 15) is 13.6 Å². The molecule has 0 spiro atoms. The molecule has 0 unspecified atom stereocenters. The Kier molecular flexibility index (Phi) is 5.46. The third-order valence-corrected chi connectivity index (χ3v) is 4.42. The molecule has 116 valence electrons. The quantitative estimate of drug-likeness (QED) is 0.812. The first-order valence-electron chi connectivity index (χ1n) is 6.70. The zero-order valence-electron chi connectivity index (χ0n) is 11.4. The van der Waals surface area contributed by atoms with E-state index in [4.69, 9.17) is 12.2 Å². The summed E-state index contributed by atoms with van der Waals surface area (Å²) in [7, 11) is 0. The molecule has 8 heteroatoms. The lowest BCUT2D eigenvalue weighted by atomic mass is 10.3. The number of nitrogens with zero attached hydrogens (tertiary/aromatic N) is 1. The van der Waals surface area contributed by atoms with Gasteiger partial charge in [0.2, 0.25) is 0 Å². The average Bonchev–Trinajstić information content (AvgIpc) is 2.96. The second-order valence-corrected chi connectivity index (χ2v) is 6.25. The van der Waals surface area contributed by atoms with Gasteiger partial charge in [0, 0.05) is 18.0 Å². The van der Waals surface area contributed by atoms with Crippen molar-refractivity contribution >= 4 is 34.6 Å². The minimum Gasteiger partial charge on any atom is -0.358 e. The SMILES string of the molecule is O=C1NCCCCN(C(=S)NCc2cccs2)CC1(F)F. The summed E-state index contributed by atoms with van der Waals surface area (Å²) in [5.74, 6) is -4.66. The smallest absolute Gasteiger partial charge is 0.341 e. The molecule has 2 rings (SSSR count). The first-order valence-corrected chi connectivity index (χ1v) is 7.99. The minimum atomic E-state index is -3.43. The Morgan fingerprint density at radius 2 is 2.33 bits per heavy atom. The van der Waals surface area contributed by atoms with Crippen LogP contribution in [-0.4, -0.2) is 41.5 Å². The summed E-state index contributed by atoms with van der Waals surface area (Å²) >= 11 is 6.76. The van der Waals surface area contributed by atoms with Gasteiger partial charge in [0.25, 0.3) is 5.91 Å². The summed E-state index contributed by atoms with van der Waals surface area (Å²) in [5.41, 5.74) is 0. The third kappa shape index (κ3) is 4.60. The summed E-state index contributed by atoms with van der Waals surface area (Å²) in [5, 5.41) is 7.43. The standard InChI is InChI=1S/C13H17F2N3OS2/c14-13(15)9-18(6-2-1-5-16-11(13)19)12(20)17-8-10-4-3-7-21-10/h3-4,7H,1-2,5-6,8-9H2,(H,16,19)(H,17,20). The predicted octanol–water partition coefficient (Wildman–Crippen LogP) is 1.97. The van der Waals surface area contributed by atoms with Crippen LogP contribution in [0.4, 0.5) is 8.78 Å². The summed E-state index contributed by atoms with van der Waals surface area (Å²) in [6.07, 6.45) is 1.36. The number of carbonyl (C=O) groups is 1. The Morgan fingerprint density at radius 3 is 3.05 bits per heavy atom. The highest BCUT2D eigenvalue weighted by Gasteiger charge is 2.41. The van der Waals surface area contributed by atoms with E-state index in [2.05, 4.69) is 10.6 Å². The molecule has 1 aromatic heterocycles. The van der Waals surface area contributed by atoms with Crippen LogP contribution >= 0.6 is 23.6 Å². The lowest BCUT2D eigenvalue weighted by Crippen LogP contribution is -2.51. The maximum absolute atomic E-state index is 13.8. The highest BCUT2D eigenvalue weighted by Crippen LogP contribution is 2.18. The molecule has 0 aliphatic carbocycles. The molecular formula is C13H17F2N3OS2. The number of amides is 1.